The van der Waals surface area contributed by atoms with Crippen LogP contribution in [0, 0.1) is 0 Å². The quantitative estimate of drug-likeness (QED) is 0.358. The minimum Gasteiger partial charge on any atom is -0.493 e. The van der Waals surface area contributed by atoms with Gasteiger partial charge in [-0.15, -0.1) is 0 Å². The Balaban J connectivity index is 1.60. The molecule has 184 valence electrons. The molecular weight excluding hydrogens is 496 g/mol. The first kappa shape index (κ1) is 24.7. The predicted octanol–water partition coefficient (Wildman–Crippen LogP) is 2.38. The number of nitrogens with zero attached hydrogens (tertiary/aromatic N) is 4. The van der Waals surface area contributed by atoms with Crippen molar-refractivity contribution < 1.29 is 23.0 Å². The Hall–Kier alpha value is -3.41. The van der Waals surface area contributed by atoms with Crippen LogP contribution < -0.4 is 15.0 Å². The van der Waals surface area contributed by atoms with Gasteiger partial charge in [-0.2, -0.15) is 5.10 Å². The van der Waals surface area contributed by atoms with Crippen LogP contribution in [0.25, 0.3) is 22.5 Å². The smallest absolute Gasteiger partial charge is 0.282 e. The third kappa shape index (κ3) is 5.47. The van der Waals surface area contributed by atoms with Crippen LogP contribution in [-0.4, -0.2) is 64.0 Å². The fourth-order valence-corrected chi connectivity index (χ4v) is 4.46. The molecule has 0 spiro atoms. The number of fused-ring (bicyclic) bond motifs is 1. The summed E-state index contributed by atoms with van der Waals surface area (Å²) in [5, 5.41) is 14.8. The summed E-state index contributed by atoms with van der Waals surface area (Å²) in [6.45, 7) is 1.29. The van der Waals surface area contributed by atoms with E-state index in [-0.39, 0.29) is 17.9 Å². The number of rotatable bonds is 9. The maximum absolute atomic E-state index is 13.2. The molecule has 0 bridgehead atoms. The van der Waals surface area contributed by atoms with Crippen molar-refractivity contribution in [2.45, 2.75) is 13.0 Å². The Labute approximate surface area is 206 Å². The summed E-state index contributed by atoms with van der Waals surface area (Å²) >= 11 is 5.90. The second-order valence-corrected chi connectivity index (χ2v) is 10.6. The highest BCUT2D eigenvalue weighted by Gasteiger charge is 2.18. The van der Waals surface area contributed by atoms with E-state index in [0.717, 1.165) is 0 Å². The summed E-state index contributed by atoms with van der Waals surface area (Å²) in [5.74, 6) is 0.149. The Kier molecular flexibility index (Phi) is 7.10. The number of hydrogen-bond donors (Lipinski definition) is 1. The average molecular weight is 519 g/mol. The summed E-state index contributed by atoms with van der Waals surface area (Å²) in [6, 6.07) is 9.98. The van der Waals surface area contributed by atoms with Gasteiger partial charge >= 0.3 is 0 Å². The summed E-state index contributed by atoms with van der Waals surface area (Å²) in [7, 11) is -1.90. The number of aliphatic hydroxyl groups is 1. The van der Waals surface area contributed by atoms with Gasteiger partial charge in [-0.25, -0.2) is 12.9 Å². The Morgan fingerprint density at radius 2 is 1.97 bits per heavy atom. The van der Waals surface area contributed by atoms with Gasteiger partial charge in [0, 0.05) is 29.8 Å². The SMILES string of the molecule is CCS(=O)(=O)C[C@@H](O)COc1ccc(-n2cnn3cc(-c4ccc(Cl)cn4)cc3c2=O)cc1OC. The van der Waals surface area contributed by atoms with E-state index >= 15 is 0 Å². The van der Waals surface area contributed by atoms with Crippen LogP contribution >= 0.6 is 11.6 Å². The maximum Gasteiger partial charge on any atom is 0.282 e. The molecule has 0 aliphatic carbocycles. The molecular formula is C23H23ClN4O6S. The second kappa shape index (κ2) is 10.1. The van der Waals surface area contributed by atoms with E-state index in [0.29, 0.717) is 39.0 Å². The van der Waals surface area contributed by atoms with Gasteiger partial charge in [0.05, 0.1) is 29.3 Å². The Morgan fingerprint density at radius 3 is 2.66 bits per heavy atom. The van der Waals surface area contributed by atoms with Gasteiger partial charge in [0.15, 0.2) is 21.3 Å². The fraction of sp³-hybridized carbons (Fsp3) is 0.261. The third-order valence-electron chi connectivity index (χ3n) is 5.30. The number of pyridine rings is 1. The highest BCUT2D eigenvalue weighted by molar-refractivity contribution is 7.91. The van der Waals surface area contributed by atoms with E-state index in [2.05, 4.69) is 10.1 Å². The molecule has 0 aliphatic rings. The fourth-order valence-electron chi connectivity index (χ4n) is 3.43. The zero-order chi connectivity index (χ0) is 25.2. The monoisotopic (exact) mass is 518 g/mol. The molecule has 3 heterocycles. The van der Waals surface area contributed by atoms with Gasteiger partial charge in [0.25, 0.3) is 5.56 Å². The molecule has 1 aromatic carbocycles. The first-order chi connectivity index (χ1) is 16.7. The topological polar surface area (TPSA) is 125 Å². The van der Waals surface area contributed by atoms with Gasteiger partial charge in [0.2, 0.25) is 0 Å². The minimum absolute atomic E-state index is 0.0609. The normalized spacial score (nSPS) is 12.6. The molecule has 3 aromatic heterocycles. The summed E-state index contributed by atoms with van der Waals surface area (Å²) in [6.07, 6.45) is 3.45. The molecule has 0 saturated heterocycles. The number of benzene rings is 1. The van der Waals surface area contributed by atoms with Gasteiger partial charge < -0.3 is 14.6 Å². The molecule has 1 N–H and O–H groups in total. The van der Waals surface area contributed by atoms with Crippen LogP contribution in [-0.2, 0) is 9.84 Å². The summed E-state index contributed by atoms with van der Waals surface area (Å²) in [4.78, 5) is 17.5. The van der Waals surface area contributed by atoms with Gasteiger partial charge in [0.1, 0.15) is 24.6 Å². The molecule has 0 saturated carbocycles. The third-order valence-corrected chi connectivity index (χ3v) is 7.29. The van der Waals surface area contributed by atoms with Crippen LogP contribution in [0.2, 0.25) is 5.02 Å². The van der Waals surface area contributed by atoms with Crippen molar-refractivity contribution in [1.82, 2.24) is 19.2 Å². The number of sulfone groups is 1. The van der Waals surface area contributed by atoms with Crippen LogP contribution in [0.4, 0.5) is 0 Å². The molecule has 0 unspecified atom stereocenters. The van der Waals surface area contributed by atoms with Gasteiger partial charge in [-0.1, -0.05) is 18.5 Å². The lowest BCUT2D eigenvalue weighted by molar-refractivity contribution is 0.123. The molecule has 1 atom stereocenters. The zero-order valence-electron chi connectivity index (χ0n) is 19.0. The lowest BCUT2D eigenvalue weighted by Gasteiger charge is -2.15. The molecule has 4 aromatic rings. The molecule has 0 fully saturated rings. The van der Waals surface area contributed by atoms with Crippen molar-refractivity contribution in [3.8, 4) is 28.4 Å². The standard InChI is InChI=1S/C23H23ClN4O6S/c1-3-35(31,32)13-18(29)12-34-21-7-5-17(9-22(21)33-2)27-14-26-28-11-15(8-20(28)23(27)30)19-6-4-16(24)10-25-19/h4-11,14,18,29H,3,12-13H2,1-2H3/t18-/m0/s1. The van der Waals surface area contributed by atoms with Crippen molar-refractivity contribution in [2.75, 3.05) is 25.2 Å². The second-order valence-electron chi connectivity index (χ2n) is 7.73. The van der Waals surface area contributed by atoms with E-state index in [1.54, 1.807) is 42.6 Å². The molecule has 0 aliphatic heterocycles. The number of hydrogen-bond acceptors (Lipinski definition) is 8. The lowest BCUT2D eigenvalue weighted by Crippen LogP contribution is -2.28. The molecule has 4 rings (SSSR count). The molecule has 0 radical (unpaired) electrons. The minimum atomic E-state index is -3.34. The van der Waals surface area contributed by atoms with E-state index in [1.165, 1.54) is 35.6 Å². The van der Waals surface area contributed by atoms with Crippen LogP contribution in [0.3, 0.4) is 0 Å². The van der Waals surface area contributed by atoms with Gasteiger partial charge in [-0.3, -0.25) is 14.3 Å². The highest BCUT2D eigenvalue weighted by atomic mass is 35.5. The molecule has 12 heteroatoms. The number of ether oxygens (including phenoxy) is 2. The number of methoxy groups -OCH3 is 1. The Bertz CT molecular complexity index is 1520. The van der Waals surface area contributed by atoms with E-state index < -0.39 is 21.7 Å². The molecule has 10 nitrogen and oxygen atoms in total. The number of aliphatic hydroxyl groups excluding tert-OH is 1. The van der Waals surface area contributed by atoms with Crippen molar-refractivity contribution >= 4 is 27.0 Å². The van der Waals surface area contributed by atoms with E-state index in [4.69, 9.17) is 21.1 Å². The van der Waals surface area contributed by atoms with Crippen LogP contribution in [0.15, 0.2) is 59.9 Å². The van der Waals surface area contributed by atoms with Crippen molar-refractivity contribution in [1.29, 1.82) is 0 Å². The number of aromatic nitrogens is 4. The number of halogens is 1. The van der Waals surface area contributed by atoms with E-state index in [9.17, 15) is 18.3 Å². The average Bonchev–Trinajstić information content (AvgIpc) is 3.28. The van der Waals surface area contributed by atoms with Crippen molar-refractivity contribution in [2.24, 2.45) is 0 Å². The first-order valence-electron chi connectivity index (χ1n) is 10.6. The largest absolute Gasteiger partial charge is 0.493 e. The highest BCUT2D eigenvalue weighted by Crippen LogP contribution is 2.29. The first-order valence-corrected chi connectivity index (χ1v) is 12.8. The lowest BCUT2D eigenvalue weighted by atomic mass is 10.2. The Morgan fingerprint density at radius 1 is 1.17 bits per heavy atom. The predicted molar refractivity (Wildman–Crippen MR) is 131 cm³/mol. The molecule has 0 amide bonds. The van der Waals surface area contributed by atoms with Gasteiger partial charge in [-0.05, 0) is 30.3 Å². The van der Waals surface area contributed by atoms with Crippen LogP contribution in [0.5, 0.6) is 11.5 Å². The summed E-state index contributed by atoms with van der Waals surface area (Å²) < 4.78 is 37.1. The summed E-state index contributed by atoms with van der Waals surface area (Å²) in [5.41, 5.74) is 1.89. The molecule has 35 heavy (non-hydrogen) atoms. The van der Waals surface area contributed by atoms with E-state index in [1.807, 2.05) is 0 Å². The van der Waals surface area contributed by atoms with Crippen molar-refractivity contribution in [3.63, 3.8) is 0 Å². The maximum atomic E-state index is 13.2. The zero-order valence-corrected chi connectivity index (χ0v) is 20.5. The van der Waals surface area contributed by atoms with Crippen LogP contribution in [0.1, 0.15) is 6.92 Å². The van der Waals surface area contributed by atoms with Crippen molar-refractivity contribution in [3.05, 3.63) is 70.5 Å².